The second kappa shape index (κ2) is 7.08. The Kier molecular flexibility index (Phi) is 5.22. The second-order valence-electron chi connectivity index (χ2n) is 3.25. The van der Waals surface area contributed by atoms with Gasteiger partial charge in [0.15, 0.2) is 0 Å². The molecule has 2 nitrogen and oxygen atoms in total. The van der Waals surface area contributed by atoms with Crippen LogP contribution in [0.1, 0.15) is 11.1 Å². The van der Waals surface area contributed by atoms with Crippen molar-refractivity contribution in [2.75, 3.05) is 0 Å². The minimum atomic E-state index is 0.750. The van der Waals surface area contributed by atoms with Gasteiger partial charge in [0, 0.05) is 0 Å². The van der Waals surface area contributed by atoms with Crippen LogP contribution in [0.25, 0.3) is 0 Å². The van der Waals surface area contributed by atoms with E-state index in [0.29, 0.717) is 0 Å². The van der Waals surface area contributed by atoms with Crippen LogP contribution in [0.4, 0.5) is 0 Å². The van der Waals surface area contributed by atoms with Crippen LogP contribution in [0.5, 0.6) is 0 Å². The number of nitrogens with zero attached hydrogens (tertiary/aromatic N) is 1. The fourth-order valence-corrected chi connectivity index (χ4v) is 1.43. The molecule has 0 aliphatic rings. The molecule has 0 amide bonds. The Morgan fingerprint density at radius 1 is 0.812 bits per heavy atom. The van der Waals surface area contributed by atoms with E-state index in [-0.39, 0.29) is 0 Å². The van der Waals surface area contributed by atoms with E-state index in [1.54, 1.807) is 0 Å². The molecular weight excluding hydrogens is 198 g/mol. The van der Waals surface area contributed by atoms with Crippen molar-refractivity contribution in [2.45, 2.75) is 6.42 Å². The molecule has 0 saturated carbocycles. The van der Waals surface area contributed by atoms with E-state index in [2.05, 4.69) is 60.7 Å². The minimum absolute atomic E-state index is 0.750. The van der Waals surface area contributed by atoms with Crippen molar-refractivity contribution in [3.8, 4) is 6.26 Å². The van der Waals surface area contributed by atoms with Gasteiger partial charge in [-0.25, -0.2) is 0 Å². The van der Waals surface area contributed by atoms with Crippen molar-refractivity contribution in [3.05, 3.63) is 71.8 Å². The van der Waals surface area contributed by atoms with Crippen LogP contribution in [-0.2, 0) is 6.42 Å². The van der Waals surface area contributed by atoms with Crippen molar-refractivity contribution in [1.82, 2.24) is 0 Å². The van der Waals surface area contributed by atoms with E-state index in [1.165, 1.54) is 11.1 Å². The third kappa shape index (κ3) is 4.30. The van der Waals surface area contributed by atoms with Gasteiger partial charge in [0.2, 0.25) is 0 Å². The number of benzene rings is 2. The molecule has 0 aliphatic carbocycles. The summed E-state index contributed by atoms with van der Waals surface area (Å²) in [6, 6.07) is 21.1. The van der Waals surface area contributed by atoms with Gasteiger partial charge in [0.25, 0.3) is 6.26 Å². The molecule has 2 rings (SSSR count). The van der Waals surface area contributed by atoms with E-state index in [4.69, 9.17) is 10.4 Å². The van der Waals surface area contributed by atoms with E-state index in [0.717, 1.165) is 12.7 Å². The van der Waals surface area contributed by atoms with Crippen LogP contribution in [0.3, 0.4) is 0 Å². The maximum atomic E-state index is 6.88. The van der Waals surface area contributed by atoms with Gasteiger partial charge in [-0.15, -0.1) is 0 Å². The van der Waals surface area contributed by atoms with Crippen LogP contribution in [0.15, 0.2) is 60.7 Å². The Balaban J connectivity index is 0.000000386. The van der Waals surface area contributed by atoms with Gasteiger partial charge in [0.05, 0.1) is 0 Å². The highest BCUT2D eigenvalue weighted by Crippen LogP contribution is 2.07. The normalized spacial score (nSPS) is 8.44. The SMILES string of the molecule is N#CO.c1ccc(Cc2ccccc2)cc1. The molecule has 16 heavy (non-hydrogen) atoms. The zero-order chi connectivity index (χ0) is 11.6. The van der Waals surface area contributed by atoms with Gasteiger partial charge < -0.3 is 5.11 Å². The molecule has 80 valence electrons. The predicted octanol–water partition coefficient (Wildman–Crippen LogP) is 3.12. The van der Waals surface area contributed by atoms with Gasteiger partial charge in [-0.3, -0.25) is 0 Å². The third-order valence-electron chi connectivity index (χ3n) is 2.09. The molecule has 0 atom stereocenters. The molecule has 2 aromatic carbocycles. The summed E-state index contributed by atoms with van der Waals surface area (Å²) in [5.74, 6) is 0. The molecular formula is C14H13NO. The maximum absolute atomic E-state index is 6.88. The quantitative estimate of drug-likeness (QED) is 0.775. The van der Waals surface area contributed by atoms with Crippen LogP contribution in [0, 0.1) is 11.5 Å². The van der Waals surface area contributed by atoms with E-state index in [1.807, 2.05) is 0 Å². The lowest BCUT2D eigenvalue weighted by Crippen LogP contribution is -1.85. The zero-order valence-electron chi connectivity index (χ0n) is 8.88. The summed E-state index contributed by atoms with van der Waals surface area (Å²) < 4.78 is 0. The van der Waals surface area contributed by atoms with Gasteiger partial charge in [-0.2, -0.15) is 5.26 Å². The topological polar surface area (TPSA) is 44.0 Å². The molecule has 0 radical (unpaired) electrons. The Labute approximate surface area is 95.4 Å². The molecule has 0 spiro atoms. The molecule has 0 heterocycles. The van der Waals surface area contributed by atoms with Gasteiger partial charge >= 0.3 is 0 Å². The molecule has 0 fully saturated rings. The van der Waals surface area contributed by atoms with Gasteiger partial charge in [0.1, 0.15) is 0 Å². The number of hydrogen-bond acceptors (Lipinski definition) is 2. The predicted molar refractivity (Wildman–Crippen MR) is 63.2 cm³/mol. The van der Waals surface area contributed by atoms with Gasteiger partial charge in [-0.1, -0.05) is 60.7 Å². The zero-order valence-corrected chi connectivity index (χ0v) is 8.88. The monoisotopic (exact) mass is 211 g/mol. The lowest BCUT2D eigenvalue weighted by atomic mass is 10.1. The van der Waals surface area contributed by atoms with Crippen molar-refractivity contribution in [2.24, 2.45) is 0 Å². The number of aliphatic hydroxyl groups excluding tert-OH is 1. The fraction of sp³-hybridized carbons (Fsp3) is 0.0714. The standard InChI is InChI=1S/C13H12.CHNO/c1-3-7-12(8-4-1)11-13-9-5-2-6-10-13;2-1-3/h1-10H,11H2;3H. The Morgan fingerprint density at radius 3 is 1.44 bits per heavy atom. The summed E-state index contributed by atoms with van der Waals surface area (Å²) in [7, 11) is 0. The highest BCUT2D eigenvalue weighted by atomic mass is 16.2. The van der Waals surface area contributed by atoms with Crippen molar-refractivity contribution < 1.29 is 5.11 Å². The summed E-state index contributed by atoms with van der Waals surface area (Å²) in [5.41, 5.74) is 2.74. The molecule has 0 bridgehead atoms. The van der Waals surface area contributed by atoms with Crippen LogP contribution in [-0.4, -0.2) is 5.11 Å². The Bertz CT molecular complexity index is 394. The van der Waals surface area contributed by atoms with E-state index < -0.39 is 0 Å². The largest absolute Gasteiger partial charge is 0.443 e. The number of aliphatic hydroxyl groups is 1. The highest BCUT2D eigenvalue weighted by Gasteiger charge is 1.92. The first kappa shape index (κ1) is 11.8. The summed E-state index contributed by atoms with van der Waals surface area (Å²) in [6.45, 7) is 0. The molecule has 2 heteroatoms. The molecule has 0 unspecified atom stereocenters. The Morgan fingerprint density at radius 2 is 1.12 bits per heavy atom. The molecule has 0 saturated heterocycles. The Hall–Kier alpha value is -2.27. The summed E-state index contributed by atoms with van der Waals surface area (Å²) >= 11 is 0. The second-order valence-corrected chi connectivity index (χ2v) is 3.25. The molecule has 0 aliphatic heterocycles. The smallest absolute Gasteiger partial charge is 0.283 e. The van der Waals surface area contributed by atoms with Crippen LogP contribution in [0.2, 0.25) is 0 Å². The van der Waals surface area contributed by atoms with Crippen LogP contribution >= 0.6 is 0 Å². The van der Waals surface area contributed by atoms with Crippen molar-refractivity contribution >= 4 is 0 Å². The van der Waals surface area contributed by atoms with E-state index >= 15 is 0 Å². The lowest BCUT2D eigenvalue weighted by Gasteiger charge is -2.00. The number of rotatable bonds is 2. The first-order valence-electron chi connectivity index (χ1n) is 4.98. The third-order valence-corrected chi connectivity index (χ3v) is 2.09. The van der Waals surface area contributed by atoms with Crippen molar-refractivity contribution in [3.63, 3.8) is 0 Å². The van der Waals surface area contributed by atoms with Crippen molar-refractivity contribution in [1.29, 1.82) is 5.26 Å². The molecule has 1 N–H and O–H groups in total. The number of nitriles is 1. The maximum Gasteiger partial charge on any atom is 0.283 e. The first-order valence-corrected chi connectivity index (χ1v) is 4.98. The highest BCUT2D eigenvalue weighted by molar-refractivity contribution is 5.25. The summed E-state index contributed by atoms with van der Waals surface area (Å²) in [6.07, 6.45) is 1.78. The average Bonchev–Trinajstić information content (AvgIpc) is 2.33. The van der Waals surface area contributed by atoms with Crippen LogP contribution < -0.4 is 0 Å². The minimum Gasteiger partial charge on any atom is -0.443 e. The number of hydrogen-bond donors (Lipinski definition) is 1. The van der Waals surface area contributed by atoms with E-state index in [9.17, 15) is 0 Å². The molecule has 2 aromatic rings. The fourth-order valence-electron chi connectivity index (χ4n) is 1.43. The lowest BCUT2D eigenvalue weighted by molar-refractivity contribution is 0.503. The average molecular weight is 211 g/mol. The summed E-state index contributed by atoms with van der Waals surface area (Å²) in [4.78, 5) is 0. The summed E-state index contributed by atoms with van der Waals surface area (Å²) in [5, 5.41) is 13.8. The first-order chi connectivity index (χ1) is 7.86. The molecule has 0 aromatic heterocycles. The van der Waals surface area contributed by atoms with Gasteiger partial charge in [-0.05, 0) is 17.5 Å².